The summed E-state index contributed by atoms with van der Waals surface area (Å²) < 4.78 is 30.6. The fourth-order valence-electron chi connectivity index (χ4n) is 3.83. The lowest BCUT2D eigenvalue weighted by Gasteiger charge is -2.21. The van der Waals surface area contributed by atoms with E-state index in [0.717, 1.165) is 0 Å². The van der Waals surface area contributed by atoms with Gasteiger partial charge >= 0.3 is 7.60 Å². The van der Waals surface area contributed by atoms with Gasteiger partial charge in [-0.3, -0.25) is 9.56 Å². The molecule has 0 bridgehead atoms. The molecule has 1 fully saturated rings. The lowest BCUT2D eigenvalue weighted by atomic mass is 10.2. The highest BCUT2D eigenvalue weighted by Crippen LogP contribution is 2.49. The topological polar surface area (TPSA) is 128 Å². The quantitative estimate of drug-likeness (QED) is 0.322. The molecule has 0 saturated heterocycles. The Bertz CT molecular complexity index is 989. The molecule has 2 N–H and O–H groups in total. The number of nitrogens with zero attached hydrogens (tertiary/aromatic N) is 4. The fourth-order valence-corrected chi connectivity index (χ4v) is 5.53. The highest BCUT2D eigenvalue weighted by atomic mass is 35.5. The van der Waals surface area contributed by atoms with E-state index in [4.69, 9.17) is 25.4 Å². The number of hydrogen-bond donors (Lipinski definition) is 2. The maximum Gasteiger partial charge on any atom is 0.356 e. The van der Waals surface area contributed by atoms with Gasteiger partial charge in [0.1, 0.15) is 35.2 Å². The first-order chi connectivity index (χ1) is 14.7. The number of fused-ring (bicyclic) bond motifs is 1. The molecule has 2 aromatic heterocycles. The van der Waals surface area contributed by atoms with E-state index < -0.39 is 31.9 Å². The third-order valence-corrected chi connectivity index (χ3v) is 7.13. The molecule has 1 aliphatic carbocycles. The van der Waals surface area contributed by atoms with Crippen molar-refractivity contribution in [2.45, 2.75) is 51.5 Å². The Morgan fingerprint density at radius 1 is 1.29 bits per heavy atom. The smallest absolute Gasteiger partial charge is 0.356 e. The molecule has 12 heteroatoms. The molecular formula is C19H28ClN4O6P. The molecule has 4 atom stereocenters. The van der Waals surface area contributed by atoms with Crippen molar-refractivity contribution in [1.29, 1.82) is 0 Å². The molecule has 0 unspecified atom stereocenters. The van der Waals surface area contributed by atoms with Crippen LogP contribution in [0.25, 0.3) is 11.0 Å². The number of halogens is 1. The van der Waals surface area contributed by atoms with E-state index in [1.807, 2.05) is 0 Å². The van der Waals surface area contributed by atoms with Crippen LogP contribution in [0.1, 0.15) is 37.7 Å². The van der Waals surface area contributed by atoms with E-state index in [1.165, 1.54) is 0 Å². The molecule has 2 aromatic rings. The highest BCUT2D eigenvalue weighted by Gasteiger charge is 2.45. The van der Waals surface area contributed by atoms with Crippen LogP contribution in [-0.4, -0.2) is 75.9 Å². The number of rotatable bonds is 9. The van der Waals surface area contributed by atoms with Crippen LogP contribution in [0.5, 0.6) is 0 Å². The zero-order valence-electron chi connectivity index (χ0n) is 17.9. The highest BCUT2D eigenvalue weighted by molar-refractivity contribution is 7.53. The minimum absolute atomic E-state index is 0.204. The second-order valence-electron chi connectivity index (χ2n) is 7.20. The van der Waals surface area contributed by atoms with Crippen molar-refractivity contribution >= 4 is 36.4 Å². The summed E-state index contributed by atoms with van der Waals surface area (Å²) in [5.74, 6) is 0.479. The van der Waals surface area contributed by atoms with E-state index >= 15 is 0 Å². The minimum Gasteiger partial charge on any atom is -0.388 e. The monoisotopic (exact) mass is 474 g/mol. The van der Waals surface area contributed by atoms with Crippen LogP contribution in [0.2, 0.25) is 5.15 Å². The van der Waals surface area contributed by atoms with Crippen LogP contribution >= 0.6 is 19.2 Å². The number of aliphatic hydroxyl groups is 2. The van der Waals surface area contributed by atoms with Crippen molar-refractivity contribution < 1.29 is 28.6 Å². The van der Waals surface area contributed by atoms with Crippen molar-refractivity contribution in [3.63, 3.8) is 0 Å². The standard InChI is InChI=1S/C19H28ClN4O6P/c1-5-29-31(27,30-6-2)10-28-14-7-13(16(25)17(14)26)24-9-12(8-21-4)15-18(20)22-11(3)23-19(15)24/h8-9,13-14,16-17,25-26H,5-7,10H2,1-4H3/b21-8+/t13-,14+,16+,17-/m1/s1. The number of aliphatic hydroxyl groups excluding tert-OH is 2. The lowest BCUT2D eigenvalue weighted by Crippen LogP contribution is -2.33. The summed E-state index contributed by atoms with van der Waals surface area (Å²) in [4.78, 5) is 12.8. The average molecular weight is 475 g/mol. The van der Waals surface area contributed by atoms with E-state index in [1.54, 1.807) is 44.8 Å². The summed E-state index contributed by atoms with van der Waals surface area (Å²) >= 11 is 6.35. The van der Waals surface area contributed by atoms with Crippen LogP contribution in [0.15, 0.2) is 11.2 Å². The van der Waals surface area contributed by atoms with Crippen LogP contribution in [0.3, 0.4) is 0 Å². The molecule has 2 heterocycles. The van der Waals surface area contributed by atoms with Gasteiger partial charge in [0.2, 0.25) is 0 Å². The van der Waals surface area contributed by atoms with Gasteiger partial charge in [-0.15, -0.1) is 0 Å². The van der Waals surface area contributed by atoms with Crippen molar-refractivity contribution in [2.75, 3.05) is 26.6 Å². The van der Waals surface area contributed by atoms with Gasteiger partial charge in [0, 0.05) is 25.0 Å². The van der Waals surface area contributed by atoms with E-state index in [9.17, 15) is 14.8 Å². The Labute approximate surface area is 185 Å². The molecule has 1 saturated carbocycles. The Balaban J connectivity index is 1.89. The Morgan fingerprint density at radius 2 is 1.97 bits per heavy atom. The molecule has 31 heavy (non-hydrogen) atoms. The van der Waals surface area contributed by atoms with Crippen LogP contribution in [0.4, 0.5) is 0 Å². The maximum atomic E-state index is 12.7. The van der Waals surface area contributed by atoms with Crippen LogP contribution in [0, 0.1) is 6.92 Å². The number of aryl methyl sites for hydroxylation is 1. The molecule has 1 aliphatic rings. The first-order valence-corrected chi connectivity index (χ1v) is 12.2. The van der Waals surface area contributed by atoms with Gasteiger partial charge in [-0.1, -0.05) is 11.6 Å². The van der Waals surface area contributed by atoms with Gasteiger partial charge in [-0.2, -0.15) is 0 Å². The minimum atomic E-state index is -3.44. The zero-order valence-corrected chi connectivity index (χ0v) is 19.6. The summed E-state index contributed by atoms with van der Waals surface area (Å²) in [7, 11) is -1.81. The predicted octanol–water partition coefficient (Wildman–Crippen LogP) is 2.72. The molecule has 0 spiro atoms. The van der Waals surface area contributed by atoms with Gasteiger partial charge in [0.25, 0.3) is 0 Å². The van der Waals surface area contributed by atoms with Crippen molar-refractivity contribution in [1.82, 2.24) is 14.5 Å². The third kappa shape index (κ3) is 5.01. The predicted molar refractivity (Wildman–Crippen MR) is 117 cm³/mol. The molecule has 0 aliphatic heterocycles. The number of aromatic nitrogens is 3. The first-order valence-electron chi connectivity index (χ1n) is 10.1. The molecular weight excluding hydrogens is 447 g/mol. The molecule has 3 rings (SSSR count). The summed E-state index contributed by atoms with van der Waals surface area (Å²) in [5, 5.41) is 22.3. The fraction of sp³-hybridized carbons (Fsp3) is 0.632. The SMILES string of the molecule is CCOP(=O)(CO[C@H]1C[C@@H](n2cc(/C=N/C)c3c(Cl)nc(C)nc32)[C@H](O)[C@@H]1O)OCC. The summed E-state index contributed by atoms with van der Waals surface area (Å²) in [6, 6.07) is -0.551. The lowest BCUT2D eigenvalue weighted by molar-refractivity contribution is -0.0490. The van der Waals surface area contributed by atoms with Gasteiger partial charge in [0.15, 0.2) is 0 Å². The van der Waals surface area contributed by atoms with E-state index in [0.29, 0.717) is 22.4 Å². The van der Waals surface area contributed by atoms with Gasteiger partial charge in [0.05, 0.1) is 30.7 Å². The van der Waals surface area contributed by atoms with Crippen molar-refractivity contribution in [2.24, 2.45) is 4.99 Å². The summed E-state index contributed by atoms with van der Waals surface area (Å²) in [6.45, 7) is 5.55. The molecule has 10 nitrogen and oxygen atoms in total. The second-order valence-corrected chi connectivity index (χ2v) is 9.56. The van der Waals surface area contributed by atoms with Gasteiger partial charge < -0.3 is 28.6 Å². The Kier molecular flexibility index (Phi) is 7.86. The van der Waals surface area contributed by atoms with Crippen LogP contribution < -0.4 is 0 Å². The Hall–Kier alpha value is -1.39. The van der Waals surface area contributed by atoms with Crippen LogP contribution in [-0.2, 0) is 18.3 Å². The third-order valence-electron chi connectivity index (χ3n) is 5.09. The molecule has 0 aromatic carbocycles. The molecule has 0 radical (unpaired) electrons. The van der Waals surface area contributed by atoms with Gasteiger partial charge in [-0.25, -0.2) is 9.97 Å². The largest absolute Gasteiger partial charge is 0.388 e. The Morgan fingerprint density at radius 3 is 2.58 bits per heavy atom. The summed E-state index contributed by atoms with van der Waals surface area (Å²) in [6.07, 6.45) is 0.243. The van der Waals surface area contributed by atoms with E-state index in [-0.39, 0.29) is 31.1 Å². The number of hydrogen-bond acceptors (Lipinski definition) is 9. The number of ether oxygens (including phenoxy) is 1. The first kappa shape index (κ1) is 24.3. The van der Waals surface area contributed by atoms with Crippen molar-refractivity contribution in [3.8, 4) is 0 Å². The van der Waals surface area contributed by atoms with Crippen molar-refractivity contribution in [3.05, 3.63) is 22.7 Å². The summed E-state index contributed by atoms with van der Waals surface area (Å²) in [5.41, 5.74) is 1.23. The maximum absolute atomic E-state index is 12.7. The molecule has 172 valence electrons. The average Bonchev–Trinajstić information content (AvgIpc) is 3.19. The van der Waals surface area contributed by atoms with E-state index in [2.05, 4.69) is 15.0 Å². The van der Waals surface area contributed by atoms with Gasteiger partial charge in [-0.05, 0) is 27.2 Å². The second kappa shape index (κ2) is 10.0. The zero-order chi connectivity index (χ0) is 22.8. The molecule has 0 amide bonds. The normalized spacial score (nSPS) is 24.6. The number of aliphatic imine (C=N–C) groups is 1.